The maximum atomic E-state index is 12.9. The predicted octanol–water partition coefficient (Wildman–Crippen LogP) is 0.318. The van der Waals surface area contributed by atoms with Gasteiger partial charge < -0.3 is 15.4 Å². The van der Waals surface area contributed by atoms with E-state index in [2.05, 4.69) is 5.32 Å². The van der Waals surface area contributed by atoms with Gasteiger partial charge in [0.25, 0.3) is 5.91 Å². The van der Waals surface area contributed by atoms with Crippen LogP contribution in [0.1, 0.15) is 24.8 Å². The van der Waals surface area contributed by atoms with Crippen molar-refractivity contribution in [2.75, 3.05) is 45.2 Å². The van der Waals surface area contributed by atoms with Gasteiger partial charge in [0.05, 0.1) is 18.0 Å². The third-order valence-corrected chi connectivity index (χ3v) is 6.30. The maximum absolute atomic E-state index is 12.9. The van der Waals surface area contributed by atoms with Crippen molar-refractivity contribution in [1.82, 2.24) is 4.31 Å². The number of rotatable bonds is 8. The minimum absolute atomic E-state index is 0.165. The van der Waals surface area contributed by atoms with Gasteiger partial charge in [0.2, 0.25) is 10.0 Å². The summed E-state index contributed by atoms with van der Waals surface area (Å²) in [7, 11) is -1.90. The molecule has 0 unspecified atom stereocenters. The second-order valence-electron chi connectivity index (χ2n) is 6.27. The summed E-state index contributed by atoms with van der Waals surface area (Å²) >= 11 is 0. The number of carbonyl (C=O) groups excluding carboxylic acids is 1. The molecule has 3 N–H and O–H groups in total. The van der Waals surface area contributed by atoms with Crippen LogP contribution in [0, 0.1) is 6.92 Å². The van der Waals surface area contributed by atoms with E-state index in [9.17, 15) is 13.2 Å². The van der Waals surface area contributed by atoms with Crippen LogP contribution in [0.2, 0.25) is 0 Å². The van der Waals surface area contributed by atoms with E-state index in [1.54, 1.807) is 36.5 Å². The van der Waals surface area contributed by atoms with E-state index in [4.69, 9.17) is 4.74 Å². The number of methoxy groups -OCH3 is 1. The van der Waals surface area contributed by atoms with E-state index in [1.165, 1.54) is 0 Å². The molecule has 1 amide bonds. The molecule has 0 spiro atoms. The number of benzene rings is 1. The van der Waals surface area contributed by atoms with Crippen molar-refractivity contribution < 1.29 is 23.3 Å². The third kappa shape index (κ3) is 5.50. The Hall–Kier alpha value is -1.48. The second-order valence-corrected chi connectivity index (χ2v) is 8.17. The average molecular weight is 370 g/mol. The fourth-order valence-corrected chi connectivity index (χ4v) is 4.61. The van der Waals surface area contributed by atoms with Crippen LogP contribution in [0.5, 0.6) is 0 Å². The van der Waals surface area contributed by atoms with Crippen molar-refractivity contribution in [3.63, 3.8) is 0 Å². The SMILES string of the molecule is COCC[NH2+]CC(=O)Nc1ccc(C)c(S(=O)(=O)N2CCCCC2)c1. The number of hydrogen-bond acceptors (Lipinski definition) is 4. The topological polar surface area (TPSA) is 92.3 Å². The highest BCUT2D eigenvalue weighted by atomic mass is 32.2. The fourth-order valence-electron chi connectivity index (χ4n) is 2.85. The first kappa shape index (κ1) is 19.8. The Morgan fingerprint density at radius 1 is 1.28 bits per heavy atom. The smallest absolute Gasteiger partial charge is 0.279 e. The monoisotopic (exact) mass is 370 g/mol. The molecule has 7 nitrogen and oxygen atoms in total. The van der Waals surface area contributed by atoms with Crippen molar-refractivity contribution in [1.29, 1.82) is 0 Å². The first-order valence-electron chi connectivity index (χ1n) is 8.66. The first-order valence-corrected chi connectivity index (χ1v) is 10.1. The van der Waals surface area contributed by atoms with E-state index in [0.717, 1.165) is 19.3 Å². The van der Waals surface area contributed by atoms with Crippen LogP contribution < -0.4 is 10.6 Å². The number of quaternary nitrogens is 1. The molecule has 1 saturated heterocycles. The molecule has 1 aliphatic heterocycles. The number of nitrogens with zero attached hydrogens (tertiary/aromatic N) is 1. The van der Waals surface area contributed by atoms with Crippen LogP contribution in [0.15, 0.2) is 23.1 Å². The highest BCUT2D eigenvalue weighted by Crippen LogP contribution is 2.25. The van der Waals surface area contributed by atoms with E-state index < -0.39 is 10.0 Å². The zero-order valence-electron chi connectivity index (χ0n) is 15.0. The average Bonchev–Trinajstić information content (AvgIpc) is 2.61. The molecular formula is C17H28N3O4S+. The highest BCUT2D eigenvalue weighted by Gasteiger charge is 2.27. The summed E-state index contributed by atoms with van der Waals surface area (Å²) in [6.07, 6.45) is 2.86. The van der Waals surface area contributed by atoms with Crippen molar-refractivity contribution >= 4 is 21.6 Å². The number of anilines is 1. The van der Waals surface area contributed by atoms with Crippen molar-refractivity contribution in [2.24, 2.45) is 0 Å². The minimum Gasteiger partial charge on any atom is -0.379 e. The Bertz CT molecular complexity index is 685. The zero-order valence-corrected chi connectivity index (χ0v) is 15.8. The van der Waals surface area contributed by atoms with E-state index in [-0.39, 0.29) is 17.3 Å². The third-order valence-electron chi connectivity index (χ3n) is 4.26. The minimum atomic E-state index is -3.52. The number of sulfonamides is 1. The summed E-state index contributed by atoms with van der Waals surface area (Å²) in [6, 6.07) is 5.03. The van der Waals surface area contributed by atoms with Gasteiger partial charge in [-0.25, -0.2) is 8.42 Å². The Kier molecular flexibility index (Phi) is 7.37. The summed E-state index contributed by atoms with van der Waals surface area (Å²) in [4.78, 5) is 12.3. The van der Waals surface area contributed by atoms with Gasteiger partial charge in [0.1, 0.15) is 0 Å². The molecule has 1 aromatic rings. The summed E-state index contributed by atoms with van der Waals surface area (Å²) < 4.78 is 32.2. The Morgan fingerprint density at radius 2 is 2.00 bits per heavy atom. The molecule has 0 aromatic heterocycles. The van der Waals surface area contributed by atoms with E-state index >= 15 is 0 Å². The fraction of sp³-hybridized carbons (Fsp3) is 0.588. The zero-order chi connectivity index (χ0) is 18.3. The molecule has 1 aromatic carbocycles. The first-order chi connectivity index (χ1) is 11.9. The van der Waals surface area contributed by atoms with E-state index in [0.29, 0.717) is 37.5 Å². The molecule has 1 aliphatic rings. The number of amides is 1. The lowest BCUT2D eigenvalue weighted by molar-refractivity contribution is -0.645. The van der Waals surface area contributed by atoms with Gasteiger partial charge in [-0.15, -0.1) is 0 Å². The summed E-state index contributed by atoms with van der Waals surface area (Å²) in [6.45, 7) is 4.45. The number of aryl methyl sites for hydroxylation is 1. The molecule has 0 radical (unpaired) electrons. The lowest BCUT2D eigenvalue weighted by atomic mass is 10.2. The molecule has 2 rings (SSSR count). The van der Waals surface area contributed by atoms with Crippen LogP contribution >= 0.6 is 0 Å². The molecule has 1 fully saturated rings. The number of ether oxygens (including phenoxy) is 1. The normalized spacial score (nSPS) is 15.9. The molecule has 1 heterocycles. The molecular weight excluding hydrogens is 342 g/mol. The van der Waals surface area contributed by atoms with Gasteiger partial charge in [0.15, 0.2) is 6.54 Å². The number of piperidine rings is 1. The molecule has 0 bridgehead atoms. The Labute approximate surface area is 149 Å². The lowest BCUT2D eigenvalue weighted by Crippen LogP contribution is -2.87. The molecule has 0 aliphatic carbocycles. The van der Waals surface area contributed by atoms with Gasteiger partial charge in [0, 0.05) is 25.9 Å². The Balaban J connectivity index is 2.07. The highest BCUT2D eigenvalue weighted by molar-refractivity contribution is 7.89. The summed E-state index contributed by atoms with van der Waals surface area (Å²) in [5.41, 5.74) is 1.20. The largest absolute Gasteiger partial charge is 0.379 e. The summed E-state index contributed by atoms with van der Waals surface area (Å²) in [5, 5.41) is 4.61. The van der Waals surface area contributed by atoms with Crippen LogP contribution in [-0.4, -0.2) is 58.5 Å². The van der Waals surface area contributed by atoms with Crippen LogP contribution in [0.3, 0.4) is 0 Å². The van der Waals surface area contributed by atoms with Crippen LogP contribution in [0.25, 0.3) is 0 Å². The predicted molar refractivity (Wildman–Crippen MR) is 96.0 cm³/mol. The number of nitrogens with one attached hydrogen (secondary N) is 1. The van der Waals surface area contributed by atoms with Gasteiger partial charge in [-0.2, -0.15) is 4.31 Å². The van der Waals surface area contributed by atoms with E-state index in [1.807, 2.05) is 5.32 Å². The van der Waals surface area contributed by atoms with Gasteiger partial charge in [-0.1, -0.05) is 12.5 Å². The Morgan fingerprint density at radius 3 is 2.68 bits per heavy atom. The number of carbonyl (C=O) groups is 1. The molecule has 140 valence electrons. The lowest BCUT2D eigenvalue weighted by Gasteiger charge is -2.26. The number of nitrogens with two attached hydrogens (primary N) is 1. The molecule has 0 saturated carbocycles. The van der Waals surface area contributed by atoms with Gasteiger partial charge >= 0.3 is 0 Å². The summed E-state index contributed by atoms with van der Waals surface area (Å²) in [5.74, 6) is -0.165. The molecule has 0 atom stereocenters. The van der Waals surface area contributed by atoms with Crippen molar-refractivity contribution in [3.05, 3.63) is 23.8 Å². The van der Waals surface area contributed by atoms with Crippen LogP contribution in [0.4, 0.5) is 5.69 Å². The van der Waals surface area contributed by atoms with Crippen molar-refractivity contribution in [3.8, 4) is 0 Å². The quantitative estimate of drug-likeness (QED) is 0.645. The van der Waals surface area contributed by atoms with Crippen LogP contribution in [-0.2, 0) is 19.6 Å². The maximum Gasteiger partial charge on any atom is 0.279 e. The molecule has 25 heavy (non-hydrogen) atoms. The van der Waals surface area contributed by atoms with Gasteiger partial charge in [-0.3, -0.25) is 4.79 Å². The standard InChI is InChI=1S/C17H27N3O4S/c1-14-6-7-15(19-17(21)13-18-8-11-24-2)12-16(14)25(22,23)20-9-4-3-5-10-20/h6-7,12,18H,3-5,8-11,13H2,1-2H3,(H,19,21)/p+1. The molecule has 8 heteroatoms. The number of hydrogen-bond donors (Lipinski definition) is 2. The van der Waals surface area contributed by atoms with Crippen molar-refractivity contribution in [2.45, 2.75) is 31.1 Å². The van der Waals surface area contributed by atoms with Gasteiger partial charge in [-0.05, 0) is 37.5 Å². The second kappa shape index (κ2) is 9.28.